The average Bonchev–Trinajstić information content (AvgIpc) is 3.56. The Balaban J connectivity index is 1.12. The lowest BCUT2D eigenvalue weighted by Crippen LogP contribution is -2.53. The van der Waals surface area contributed by atoms with Crippen LogP contribution >= 0.6 is 0 Å². The summed E-state index contributed by atoms with van der Waals surface area (Å²) in [6.45, 7) is 5.39. The van der Waals surface area contributed by atoms with Crippen LogP contribution in [0.5, 0.6) is 0 Å². The normalized spacial score (nSPS) is 28.0. The topological polar surface area (TPSA) is 89.1 Å². The molecule has 3 aliphatic carbocycles. The van der Waals surface area contributed by atoms with E-state index in [1.807, 2.05) is 0 Å². The van der Waals surface area contributed by atoms with Crippen LogP contribution in [-0.2, 0) is 9.59 Å². The van der Waals surface area contributed by atoms with Crippen molar-refractivity contribution >= 4 is 17.8 Å². The molecule has 0 bridgehead atoms. The Morgan fingerprint density at radius 1 is 0.871 bits per heavy atom. The molecule has 1 heterocycles. The SMILES string of the molecule is CN=C(NCCN1CCN(C(=O)C2CCC2)CC1)NC1CCCC(C(=O)NC2CC2)C1. The maximum absolute atomic E-state index is 12.4. The number of nitrogens with zero attached hydrogens (tertiary/aromatic N) is 3. The zero-order valence-electron chi connectivity index (χ0n) is 19.1. The molecule has 8 nitrogen and oxygen atoms in total. The standard InChI is InChI=1S/C23H40N6O2/c1-24-23(27-20-7-3-6-18(16-20)21(30)26-19-8-9-19)25-10-11-28-12-14-29(15-13-28)22(31)17-4-2-5-17/h17-20H,2-16H2,1H3,(H,26,30)(H2,24,25,27). The van der Waals surface area contributed by atoms with E-state index in [9.17, 15) is 9.59 Å². The molecule has 3 N–H and O–H groups in total. The predicted molar refractivity (Wildman–Crippen MR) is 122 cm³/mol. The van der Waals surface area contributed by atoms with Gasteiger partial charge in [-0.1, -0.05) is 12.8 Å². The van der Waals surface area contributed by atoms with E-state index < -0.39 is 0 Å². The van der Waals surface area contributed by atoms with Crippen molar-refractivity contribution in [1.82, 2.24) is 25.8 Å². The van der Waals surface area contributed by atoms with Crippen LogP contribution in [0, 0.1) is 11.8 Å². The maximum Gasteiger partial charge on any atom is 0.225 e. The first kappa shape index (κ1) is 22.4. The molecule has 4 rings (SSSR count). The van der Waals surface area contributed by atoms with Crippen molar-refractivity contribution in [3.05, 3.63) is 0 Å². The molecule has 0 aromatic rings. The summed E-state index contributed by atoms with van der Waals surface area (Å²) in [5, 5.41) is 10.1. The highest BCUT2D eigenvalue weighted by Crippen LogP contribution is 2.29. The molecule has 3 saturated carbocycles. The van der Waals surface area contributed by atoms with E-state index >= 15 is 0 Å². The number of piperazine rings is 1. The fourth-order valence-corrected chi connectivity index (χ4v) is 4.93. The Kier molecular flexibility index (Phi) is 7.69. The van der Waals surface area contributed by atoms with Crippen LogP contribution in [0.2, 0.25) is 0 Å². The van der Waals surface area contributed by atoms with Gasteiger partial charge >= 0.3 is 0 Å². The van der Waals surface area contributed by atoms with Crippen molar-refractivity contribution in [3.8, 4) is 0 Å². The quantitative estimate of drug-likeness (QED) is 0.411. The first-order valence-electron chi connectivity index (χ1n) is 12.4. The lowest BCUT2D eigenvalue weighted by molar-refractivity contribution is -0.139. The van der Waals surface area contributed by atoms with Gasteiger partial charge in [-0.25, -0.2) is 0 Å². The minimum Gasteiger partial charge on any atom is -0.355 e. The number of carbonyl (C=O) groups is 2. The molecular formula is C23H40N6O2. The summed E-state index contributed by atoms with van der Waals surface area (Å²) in [6.07, 6.45) is 9.72. The van der Waals surface area contributed by atoms with Gasteiger partial charge in [-0.3, -0.25) is 19.5 Å². The highest BCUT2D eigenvalue weighted by atomic mass is 16.2. The Morgan fingerprint density at radius 3 is 2.23 bits per heavy atom. The molecule has 1 saturated heterocycles. The first-order chi connectivity index (χ1) is 15.1. The van der Waals surface area contributed by atoms with Gasteiger partial charge in [-0.15, -0.1) is 0 Å². The van der Waals surface area contributed by atoms with Gasteiger partial charge < -0.3 is 20.9 Å². The second-order valence-corrected chi connectivity index (χ2v) is 9.78. The van der Waals surface area contributed by atoms with Crippen LogP contribution in [0.1, 0.15) is 57.8 Å². The number of aliphatic imine (C=N–C) groups is 1. The van der Waals surface area contributed by atoms with E-state index in [-0.39, 0.29) is 11.8 Å². The molecular weight excluding hydrogens is 392 g/mol. The number of amides is 2. The Bertz CT molecular complexity index is 652. The molecule has 0 aromatic heterocycles. The second kappa shape index (κ2) is 10.7. The number of hydrogen-bond donors (Lipinski definition) is 3. The zero-order valence-corrected chi connectivity index (χ0v) is 19.1. The van der Waals surface area contributed by atoms with Crippen LogP contribution in [-0.4, -0.2) is 86.0 Å². The molecule has 0 spiro atoms. The lowest BCUT2D eigenvalue weighted by atomic mass is 9.84. The number of nitrogens with one attached hydrogen (secondary N) is 3. The molecule has 2 unspecified atom stereocenters. The summed E-state index contributed by atoms with van der Waals surface area (Å²) in [7, 11) is 1.81. The number of hydrogen-bond acceptors (Lipinski definition) is 4. The van der Waals surface area contributed by atoms with Gasteiger partial charge in [0.15, 0.2) is 5.96 Å². The summed E-state index contributed by atoms with van der Waals surface area (Å²) >= 11 is 0. The minimum absolute atomic E-state index is 0.129. The number of carbonyl (C=O) groups excluding carboxylic acids is 2. The fourth-order valence-electron chi connectivity index (χ4n) is 4.93. The molecule has 4 fully saturated rings. The van der Waals surface area contributed by atoms with Crippen molar-refractivity contribution < 1.29 is 9.59 Å². The van der Waals surface area contributed by atoms with E-state index in [1.165, 1.54) is 6.42 Å². The molecule has 8 heteroatoms. The van der Waals surface area contributed by atoms with Crippen LogP contribution in [0.15, 0.2) is 4.99 Å². The van der Waals surface area contributed by atoms with Crippen molar-refractivity contribution in [2.45, 2.75) is 69.9 Å². The van der Waals surface area contributed by atoms with E-state index in [4.69, 9.17) is 0 Å². The summed E-state index contributed by atoms with van der Waals surface area (Å²) in [4.78, 5) is 33.7. The molecule has 0 aromatic carbocycles. The fraction of sp³-hybridized carbons (Fsp3) is 0.870. The minimum atomic E-state index is 0.129. The summed E-state index contributed by atoms with van der Waals surface area (Å²) in [5.41, 5.74) is 0. The monoisotopic (exact) mass is 432 g/mol. The van der Waals surface area contributed by atoms with Crippen LogP contribution in [0.4, 0.5) is 0 Å². The van der Waals surface area contributed by atoms with Crippen molar-refractivity contribution in [2.24, 2.45) is 16.8 Å². The number of rotatable bonds is 7. The van der Waals surface area contributed by atoms with Gasteiger partial charge in [0.05, 0.1) is 0 Å². The largest absolute Gasteiger partial charge is 0.355 e. The van der Waals surface area contributed by atoms with E-state index in [2.05, 4.69) is 30.7 Å². The van der Waals surface area contributed by atoms with Gasteiger partial charge in [0.2, 0.25) is 11.8 Å². The zero-order chi connectivity index (χ0) is 21.6. The van der Waals surface area contributed by atoms with Crippen LogP contribution in [0.25, 0.3) is 0 Å². The van der Waals surface area contributed by atoms with E-state index in [1.54, 1.807) is 7.05 Å². The molecule has 0 radical (unpaired) electrons. The predicted octanol–water partition coefficient (Wildman–Crippen LogP) is 0.933. The molecule has 2 atom stereocenters. The first-order valence-corrected chi connectivity index (χ1v) is 12.4. The van der Waals surface area contributed by atoms with Gasteiger partial charge in [0.25, 0.3) is 0 Å². The Morgan fingerprint density at radius 2 is 1.58 bits per heavy atom. The molecule has 2 amide bonds. The number of guanidine groups is 1. The highest BCUT2D eigenvalue weighted by Gasteiger charge is 2.32. The van der Waals surface area contributed by atoms with Crippen molar-refractivity contribution in [3.63, 3.8) is 0 Å². The summed E-state index contributed by atoms with van der Waals surface area (Å²) in [6, 6.07) is 0.740. The smallest absolute Gasteiger partial charge is 0.225 e. The van der Waals surface area contributed by atoms with Crippen molar-refractivity contribution in [1.29, 1.82) is 0 Å². The van der Waals surface area contributed by atoms with Gasteiger partial charge in [-0.2, -0.15) is 0 Å². The second-order valence-electron chi connectivity index (χ2n) is 9.78. The molecule has 174 valence electrons. The molecule has 1 aliphatic heterocycles. The Hall–Kier alpha value is -1.83. The van der Waals surface area contributed by atoms with Crippen LogP contribution in [0.3, 0.4) is 0 Å². The van der Waals surface area contributed by atoms with Gasteiger partial charge in [0, 0.05) is 70.2 Å². The molecule has 31 heavy (non-hydrogen) atoms. The summed E-state index contributed by atoms with van der Waals surface area (Å²) in [5.74, 6) is 1.88. The maximum atomic E-state index is 12.4. The average molecular weight is 433 g/mol. The van der Waals surface area contributed by atoms with Crippen LogP contribution < -0.4 is 16.0 Å². The third kappa shape index (κ3) is 6.34. The highest BCUT2D eigenvalue weighted by molar-refractivity contribution is 5.81. The third-order valence-corrected chi connectivity index (χ3v) is 7.39. The van der Waals surface area contributed by atoms with Gasteiger partial charge in [-0.05, 0) is 44.9 Å². The third-order valence-electron chi connectivity index (χ3n) is 7.39. The van der Waals surface area contributed by atoms with Gasteiger partial charge in [0.1, 0.15) is 0 Å². The van der Waals surface area contributed by atoms with Crippen molar-refractivity contribution in [2.75, 3.05) is 46.3 Å². The Labute approximate surface area is 186 Å². The summed E-state index contributed by atoms with van der Waals surface area (Å²) < 4.78 is 0. The molecule has 4 aliphatic rings. The lowest BCUT2D eigenvalue weighted by Gasteiger charge is -2.38. The van der Waals surface area contributed by atoms with E-state index in [0.29, 0.717) is 23.9 Å². The van der Waals surface area contributed by atoms with E-state index in [0.717, 1.165) is 96.6 Å².